The van der Waals surface area contributed by atoms with E-state index in [1.807, 2.05) is 54.6 Å². The maximum absolute atomic E-state index is 12.5. The van der Waals surface area contributed by atoms with Gasteiger partial charge in [0.25, 0.3) is 5.56 Å². The number of aromatic amines is 1. The van der Waals surface area contributed by atoms with E-state index in [9.17, 15) is 4.79 Å². The predicted octanol–water partition coefficient (Wildman–Crippen LogP) is 3.67. The highest BCUT2D eigenvalue weighted by Gasteiger charge is 2.16. The van der Waals surface area contributed by atoms with Crippen LogP contribution in [-0.4, -0.2) is 36.1 Å². The first kappa shape index (κ1) is 15.9. The number of ether oxygens (including phenoxy) is 1. The third kappa shape index (κ3) is 3.30. The van der Waals surface area contributed by atoms with Gasteiger partial charge in [0.1, 0.15) is 6.61 Å². The zero-order valence-electron chi connectivity index (χ0n) is 14.2. The Morgan fingerprint density at radius 3 is 2.36 bits per heavy atom. The average molecular weight is 334 g/mol. The second-order valence-electron chi connectivity index (χ2n) is 6.47. The Kier molecular flexibility index (Phi) is 4.53. The van der Waals surface area contributed by atoms with Crippen molar-refractivity contribution in [1.82, 2.24) is 9.88 Å². The number of rotatable bonds is 5. The van der Waals surface area contributed by atoms with Crippen LogP contribution >= 0.6 is 0 Å². The molecule has 2 aromatic carbocycles. The van der Waals surface area contributed by atoms with Crippen LogP contribution in [-0.2, 0) is 0 Å². The average Bonchev–Trinajstić information content (AvgIpc) is 3.18. The van der Waals surface area contributed by atoms with Crippen LogP contribution in [0, 0.1) is 0 Å². The number of likely N-dealkylation sites (tertiary alicyclic amines) is 1. The molecule has 2 heterocycles. The minimum Gasteiger partial charge on any atom is -0.489 e. The Morgan fingerprint density at radius 2 is 1.60 bits per heavy atom. The highest BCUT2D eigenvalue weighted by atomic mass is 16.5. The van der Waals surface area contributed by atoms with Gasteiger partial charge in [-0.05, 0) is 32.0 Å². The molecule has 0 saturated carbocycles. The van der Waals surface area contributed by atoms with Crippen molar-refractivity contribution in [2.75, 3.05) is 26.2 Å². The first-order valence-electron chi connectivity index (χ1n) is 8.88. The molecule has 128 valence electrons. The molecule has 1 fully saturated rings. The molecule has 25 heavy (non-hydrogen) atoms. The van der Waals surface area contributed by atoms with E-state index >= 15 is 0 Å². The Morgan fingerprint density at radius 1 is 0.920 bits per heavy atom. The van der Waals surface area contributed by atoms with E-state index in [1.54, 1.807) is 0 Å². The number of nitrogens with zero attached hydrogens (tertiary/aromatic N) is 1. The van der Waals surface area contributed by atoms with Crippen LogP contribution in [0.15, 0.2) is 59.4 Å². The lowest BCUT2D eigenvalue weighted by Gasteiger charge is -2.18. The molecule has 0 bridgehead atoms. The first-order chi connectivity index (χ1) is 12.3. The van der Waals surface area contributed by atoms with Crippen LogP contribution in [0.2, 0.25) is 0 Å². The molecule has 0 spiro atoms. The highest BCUT2D eigenvalue weighted by molar-refractivity contribution is 5.92. The lowest BCUT2D eigenvalue weighted by molar-refractivity contribution is 0.239. The molecule has 0 radical (unpaired) electrons. The van der Waals surface area contributed by atoms with Crippen molar-refractivity contribution in [1.29, 1.82) is 0 Å². The van der Waals surface area contributed by atoms with Gasteiger partial charge in [-0.3, -0.25) is 9.69 Å². The van der Waals surface area contributed by atoms with Gasteiger partial charge in [-0.25, -0.2) is 0 Å². The van der Waals surface area contributed by atoms with Crippen LogP contribution in [0.3, 0.4) is 0 Å². The fraction of sp³-hybridized carbons (Fsp3) is 0.286. The summed E-state index contributed by atoms with van der Waals surface area (Å²) in [7, 11) is 0. The summed E-state index contributed by atoms with van der Waals surface area (Å²) in [6.07, 6.45) is 2.55. The molecular formula is C21H22N2O2. The Balaban J connectivity index is 1.73. The maximum atomic E-state index is 12.5. The summed E-state index contributed by atoms with van der Waals surface area (Å²) < 4.78 is 6.21. The van der Waals surface area contributed by atoms with Crippen molar-refractivity contribution in [3.63, 3.8) is 0 Å². The molecule has 1 N–H and O–H groups in total. The number of hydrogen-bond acceptors (Lipinski definition) is 3. The quantitative estimate of drug-likeness (QED) is 0.774. The number of benzene rings is 2. The molecular weight excluding hydrogens is 312 g/mol. The zero-order chi connectivity index (χ0) is 17.1. The summed E-state index contributed by atoms with van der Waals surface area (Å²) in [5.41, 5.74) is 1.63. The summed E-state index contributed by atoms with van der Waals surface area (Å²) in [5, 5.41) is 1.53. The molecule has 0 amide bonds. The Hall–Kier alpha value is -2.59. The van der Waals surface area contributed by atoms with Gasteiger partial charge in [0.2, 0.25) is 0 Å². The molecule has 3 aromatic rings. The minimum atomic E-state index is -0.0821. The third-order valence-corrected chi connectivity index (χ3v) is 4.80. The van der Waals surface area contributed by atoms with Crippen LogP contribution < -0.4 is 10.3 Å². The van der Waals surface area contributed by atoms with Crippen molar-refractivity contribution in [3.8, 4) is 17.0 Å². The van der Waals surface area contributed by atoms with Gasteiger partial charge < -0.3 is 9.72 Å². The normalized spacial score (nSPS) is 14.9. The number of pyridine rings is 1. The van der Waals surface area contributed by atoms with Gasteiger partial charge in [-0.2, -0.15) is 0 Å². The molecule has 4 heteroatoms. The fourth-order valence-electron chi connectivity index (χ4n) is 3.49. The van der Waals surface area contributed by atoms with Gasteiger partial charge in [-0.1, -0.05) is 48.5 Å². The number of H-pyrrole nitrogens is 1. The second kappa shape index (κ2) is 7.11. The van der Waals surface area contributed by atoms with Crippen molar-refractivity contribution in [3.05, 3.63) is 65.0 Å². The van der Waals surface area contributed by atoms with Crippen molar-refractivity contribution >= 4 is 10.8 Å². The lowest BCUT2D eigenvalue weighted by Crippen LogP contribution is -2.25. The standard InChI is InChI=1S/C21H22N2O2/c24-21-18-11-5-4-10-17(18)20(25-15-14-23-12-6-7-13-23)19(22-21)16-8-2-1-3-9-16/h1-5,8-11H,6-7,12-15H2,(H,22,24). The monoisotopic (exact) mass is 334 g/mol. The van der Waals surface area contributed by atoms with E-state index in [2.05, 4.69) is 9.88 Å². The number of hydrogen-bond donors (Lipinski definition) is 1. The largest absolute Gasteiger partial charge is 0.489 e. The summed E-state index contributed by atoms with van der Waals surface area (Å²) in [6.45, 7) is 3.85. The first-order valence-corrected chi connectivity index (χ1v) is 8.88. The van der Waals surface area contributed by atoms with E-state index < -0.39 is 0 Å². The summed E-state index contributed by atoms with van der Waals surface area (Å²) in [5.74, 6) is 0.764. The molecule has 1 saturated heterocycles. The molecule has 1 aliphatic rings. The van der Waals surface area contributed by atoms with Crippen LogP contribution in [0.25, 0.3) is 22.0 Å². The van der Waals surface area contributed by atoms with Gasteiger partial charge in [0.15, 0.2) is 5.75 Å². The van der Waals surface area contributed by atoms with E-state index in [4.69, 9.17) is 4.74 Å². The van der Waals surface area contributed by atoms with Gasteiger partial charge in [0, 0.05) is 17.5 Å². The molecule has 0 unspecified atom stereocenters. The second-order valence-corrected chi connectivity index (χ2v) is 6.47. The molecule has 0 atom stereocenters. The van der Waals surface area contributed by atoms with Gasteiger partial charge in [-0.15, -0.1) is 0 Å². The van der Waals surface area contributed by atoms with E-state index in [0.717, 1.165) is 42.0 Å². The topological polar surface area (TPSA) is 45.3 Å². The lowest BCUT2D eigenvalue weighted by atomic mass is 10.1. The van der Waals surface area contributed by atoms with Crippen molar-refractivity contribution in [2.45, 2.75) is 12.8 Å². The van der Waals surface area contributed by atoms with Crippen LogP contribution in [0.4, 0.5) is 0 Å². The Bertz CT molecular complexity index is 912. The molecule has 0 aliphatic carbocycles. The smallest absolute Gasteiger partial charge is 0.256 e. The number of nitrogens with one attached hydrogen (secondary N) is 1. The minimum absolute atomic E-state index is 0.0821. The van der Waals surface area contributed by atoms with Gasteiger partial charge >= 0.3 is 0 Å². The predicted molar refractivity (Wildman–Crippen MR) is 101 cm³/mol. The molecule has 4 rings (SSSR count). The number of fused-ring (bicyclic) bond motifs is 1. The Labute approximate surface area is 147 Å². The highest BCUT2D eigenvalue weighted by Crippen LogP contribution is 2.33. The van der Waals surface area contributed by atoms with Crippen molar-refractivity contribution < 1.29 is 4.74 Å². The van der Waals surface area contributed by atoms with E-state index in [1.165, 1.54) is 12.8 Å². The molecule has 1 aromatic heterocycles. The van der Waals surface area contributed by atoms with Crippen LogP contribution in [0.5, 0.6) is 5.75 Å². The summed E-state index contributed by atoms with van der Waals surface area (Å²) in [6, 6.07) is 17.5. The third-order valence-electron chi connectivity index (χ3n) is 4.80. The van der Waals surface area contributed by atoms with Gasteiger partial charge in [0.05, 0.1) is 11.1 Å². The summed E-state index contributed by atoms with van der Waals surface area (Å²) in [4.78, 5) is 17.9. The SMILES string of the molecule is O=c1[nH]c(-c2ccccc2)c(OCCN2CCCC2)c2ccccc12. The summed E-state index contributed by atoms with van der Waals surface area (Å²) >= 11 is 0. The maximum Gasteiger partial charge on any atom is 0.256 e. The fourth-order valence-corrected chi connectivity index (χ4v) is 3.49. The van der Waals surface area contributed by atoms with E-state index in [-0.39, 0.29) is 5.56 Å². The number of aromatic nitrogens is 1. The van der Waals surface area contributed by atoms with E-state index in [0.29, 0.717) is 12.0 Å². The zero-order valence-corrected chi connectivity index (χ0v) is 14.2. The molecule has 4 nitrogen and oxygen atoms in total. The van der Waals surface area contributed by atoms with Crippen molar-refractivity contribution in [2.24, 2.45) is 0 Å². The van der Waals surface area contributed by atoms with Crippen LogP contribution in [0.1, 0.15) is 12.8 Å². The molecule has 1 aliphatic heterocycles.